The number of piperidine rings is 3. The summed E-state index contributed by atoms with van der Waals surface area (Å²) in [5.74, 6) is 0.509. The third-order valence-electron chi connectivity index (χ3n) is 5.71. The summed E-state index contributed by atoms with van der Waals surface area (Å²) >= 11 is 1.66. The van der Waals surface area contributed by atoms with Gasteiger partial charge in [-0.25, -0.2) is 0 Å². The van der Waals surface area contributed by atoms with Crippen LogP contribution in [0.1, 0.15) is 42.0 Å². The first-order valence-electron chi connectivity index (χ1n) is 9.40. The molecule has 3 fully saturated rings. The van der Waals surface area contributed by atoms with Gasteiger partial charge in [-0.15, -0.1) is 0 Å². The highest BCUT2D eigenvalue weighted by molar-refractivity contribution is 8.03. The van der Waals surface area contributed by atoms with Gasteiger partial charge in [0.25, 0.3) is 11.5 Å². The molecule has 2 atom stereocenters. The van der Waals surface area contributed by atoms with Crippen LogP contribution in [0, 0.1) is 5.92 Å². The third kappa shape index (κ3) is 3.30. The SMILES string of the molecule is CCC1=CN(C)C(n2cc(C(=O)NC3CN4CCC3CC4)ccc2=O)S1. The quantitative estimate of drug-likeness (QED) is 0.874. The van der Waals surface area contributed by atoms with E-state index < -0.39 is 0 Å². The number of carbonyl (C=O) groups excluding carboxylic acids is 1. The maximum absolute atomic E-state index is 12.8. The van der Waals surface area contributed by atoms with Crippen molar-refractivity contribution in [3.05, 3.63) is 45.4 Å². The van der Waals surface area contributed by atoms with Crippen LogP contribution in [0.4, 0.5) is 0 Å². The minimum atomic E-state index is -0.123. The topological polar surface area (TPSA) is 57.6 Å². The number of thioether (sulfide) groups is 1. The molecule has 0 radical (unpaired) electrons. The van der Waals surface area contributed by atoms with Gasteiger partial charge in [-0.05, 0) is 44.3 Å². The van der Waals surface area contributed by atoms with Gasteiger partial charge in [-0.1, -0.05) is 18.7 Å². The van der Waals surface area contributed by atoms with Crippen LogP contribution in [0.5, 0.6) is 0 Å². The molecule has 1 N–H and O–H groups in total. The molecule has 0 spiro atoms. The number of rotatable bonds is 4. The lowest BCUT2D eigenvalue weighted by Gasteiger charge is -2.44. The minimum absolute atomic E-state index is 0.0770. The van der Waals surface area contributed by atoms with E-state index in [0.29, 0.717) is 11.5 Å². The molecule has 5 heterocycles. The summed E-state index contributed by atoms with van der Waals surface area (Å²) in [4.78, 5) is 30.9. The number of amides is 1. The number of nitrogens with one attached hydrogen (secondary N) is 1. The zero-order chi connectivity index (χ0) is 18.3. The van der Waals surface area contributed by atoms with Crippen molar-refractivity contribution in [3.63, 3.8) is 0 Å². The smallest absolute Gasteiger partial charge is 0.253 e. The van der Waals surface area contributed by atoms with E-state index in [1.807, 2.05) is 11.9 Å². The van der Waals surface area contributed by atoms with Crippen LogP contribution in [0.2, 0.25) is 0 Å². The molecular formula is C19H26N4O2S. The molecule has 4 aliphatic rings. The van der Waals surface area contributed by atoms with Crippen molar-refractivity contribution in [2.45, 2.75) is 37.7 Å². The molecular weight excluding hydrogens is 348 g/mol. The van der Waals surface area contributed by atoms with Crippen LogP contribution in [0.25, 0.3) is 0 Å². The lowest BCUT2D eigenvalue weighted by atomic mass is 9.84. The Morgan fingerprint density at radius 2 is 2.08 bits per heavy atom. The molecule has 1 aromatic rings. The molecule has 2 bridgehead atoms. The fraction of sp³-hybridized carbons (Fsp3) is 0.579. The van der Waals surface area contributed by atoms with Crippen molar-refractivity contribution >= 4 is 17.7 Å². The number of nitrogens with zero attached hydrogens (tertiary/aromatic N) is 3. The minimum Gasteiger partial charge on any atom is -0.351 e. The Bertz CT molecular complexity index is 782. The standard InChI is InChI=1S/C19H26N4O2S/c1-3-15-11-21(2)19(26-15)23-10-14(4-5-17(23)24)18(25)20-16-12-22-8-6-13(16)7-9-22/h4-5,10-11,13,16,19H,3,6-9,12H2,1-2H3,(H,20,25). The average molecular weight is 375 g/mol. The molecule has 26 heavy (non-hydrogen) atoms. The van der Waals surface area contributed by atoms with E-state index in [9.17, 15) is 9.59 Å². The maximum Gasteiger partial charge on any atom is 0.253 e. The predicted molar refractivity (Wildman–Crippen MR) is 104 cm³/mol. The largest absolute Gasteiger partial charge is 0.351 e. The number of fused-ring (bicyclic) bond motifs is 3. The van der Waals surface area contributed by atoms with Gasteiger partial charge in [0.15, 0.2) is 5.50 Å². The summed E-state index contributed by atoms with van der Waals surface area (Å²) in [6.07, 6.45) is 7.06. The van der Waals surface area contributed by atoms with Gasteiger partial charge in [-0.2, -0.15) is 0 Å². The Morgan fingerprint density at radius 3 is 2.69 bits per heavy atom. The fourth-order valence-electron chi connectivity index (χ4n) is 4.16. The predicted octanol–water partition coefficient (Wildman–Crippen LogP) is 2.06. The van der Waals surface area contributed by atoms with Crippen LogP contribution in [0.3, 0.4) is 0 Å². The van der Waals surface area contributed by atoms with E-state index in [-0.39, 0.29) is 23.0 Å². The van der Waals surface area contributed by atoms with Crippen molar-refractivity contribution in [1.82, 2.24) is 19.7 Å². The van der Waals surface area contributed by atoms with E-state index in [1.165, 1.54) is 23.8 Å². The Balaban J connectivity index is 1.51. The van der Waals surface area contributed by atoms with Crippen LogP contribution in [-0.2, 0) is 0 Å². The molecule has 0 aliphatic carbocycles. The van der Waals surface area contributed by atoms with E-state index in [1.54, 1.807) is 28.6 Å². The zero-order valence-corrected chi connectivity index (χ0v) is 16.2. The van der Waals surface area contributed by atoms with Crippen molar-refractivity contribution in [1.29, 1.82) is 0 Å². The highest BCUT2D eigenvalue weighted by atomic mass is 32.2. The molecule has 2 unspecified atom stereocenters. The number of pyridine rings is 1. The number of allylic oxidation sites excluding steroid dienone is 1. The summed E-state index contributed by atoms with van der Waals surface area (Å²) in [6.45, 7) is 5.36. The van der Waals surface area contributed by atoms with Crippen LogP contribution < -0.4 is 10.9 Å². The highest BCUT2D eigenvalue weighted by Crippen LogP contribution is 2.40. The van der Waals surface area contributed by atoms with E-state index >= 15 is 0 Å². The van der Waals surface area contributed by atoms with Gasteiger partial charge in [0.1, 0.15) is 0 Å². The van der Waals surface area contributed by atoms with Gasteiger partial charge in [-0.3, -0.25) is 14.2 Å². The second kappa shape index (κ2) is 7.12. The lowest BCUT2D eigenvalue weighted by Crippen LogP contribution is -2.57. The first-order chi connectivity index (χ1) is 12.5. The Labute approximate surface area is 158 Å². The average Bonchev–Trinajstić information content (AvgIpc) is 3.04. The first kappa shape index (κ1) is 17.7. The fourth-order valence-corrected chi connectivity index (χ4v) is 5.33. The molecule has 4 aliphatic heterocycles. The van der Waals surface area contributed by atoms with Gasteiger partial charge in [0.2, 0.25) is 0 Å². The Kier molecular flexibility index (Phi) is 4.84. The summed E-state index contributed by atoms with van der Waals surface area (Å²) in [5, 5.41) is 3.21. The highest BCUT2D eigenvalue weighted by Gasteiger charge is 2.35. The first-order valence-corrected chi connectivity index (χ1v) is 10.3. The molecule has 5 rings (SSSR count). The molecule has 0 saturated carbocycles. The molecule has 3 saturated heterocycles. The van der Waals surface area contributed by atoms with Crippen molar-refractivity contribution in [3.8, 4) is 0 Å². The van der Waals surface area contributed by atoms with Crippen molar-refractivity contribution < 1.29 is 4.79 Å². The van der Waals surface area contributed by atoms with Gasteiger partial charge in [0, 0.05) is 43.0 Å². The van der Waals surface area contributed by atoms with Crippen LogP contribution in [-0.4, -0.2) is 53.0 Å². The second-order valence-electron chi connectivity index (χ2n) is 7.44. The monoisotopic (exact) mass is 374 g/mol. The Hall–Kier alpha value is -1.73. The number of hydrogen-bond donors (Lipinski definition) is 1. The van der Waals surface area contributed by atoms with Crippen LogP contribution >= 0.6 is 11.8 Å². The zero-order valence-electron chi connectivity index (χ0n) is 15.4. The number of hydrogen-bond acceptors (Lipinski definition) is 5. The normalized spacial score (nSPS) is 30.4. The second-order valence-corrected chi connectivity index (χ2v) is 8.62. The summed E-state index contributed by atoms with van der Waals surface area (Å²) in [5.41, 5.74) is 0.349. The third-order valence-corrected chi connectivity index (χ3v) is 7.18. The van der Waals surface area contributed by atoms with E-state index in [0.717, 1.165) is 26.1 Å². The number of carbonyl (C=O) groups is 1. The summed E-state index contributed by atoms with van der Waals surface area (Å²) < 4.78 is 1.66. The summed E-state index contributed by atoms with van der Waals surface area (Å²) in [7, 11) is 1.96. The van der Waals surface area contributed by atoms with Crippen LogP contribution in [0.15, 0.2) is 34.2 Å². The molecule has 140 valence electrons. The van der Waals surface area contributed by atoms with Gasteiger partial charge < -0.3 is 15.1 Å². The summed E-state index contributed by atoms with van der Waals surface area (Å²) in [6, 6.07) is 3.37. The maximum atomic E-state index is 12.8. The Morgan fingerprint density at radius 1 is 1.31 bits per heavy atom. The molecule has 6 nitrogen and oxygen atoms in total. The van der Waals surface area contributed by atoms with E-state index in [4.69, 9.17) is 0 Å². The van der Waals surface area contributed by atoms with E-state index in [2.05, 4.69) is 23.3 Å². The molecule has 0 aromatic carbocycles. The molecule has 1 aromatic heterocycles. The van der Waals surface area contributed by atoms with Crippen molar-refractivity contribution in [2.75, 3.05) is 26.7 Å². The molecule has 1 amide bonds. The van der Waals surface area contributed by atoms with Gasteiger partial charge >= 0.3 is 0 Å². The number of aromatic nitrogens is 1. The van der Waals surface area contributed by atoms with Crippen molar-refractivity contribution in [2.24, 2.45) is 5.92 Å². The van der Waals surface area contributed by atoms with Gasteiger partial charge in [0.05, 0.1) is 5.56 Å². The molecule has 7 heteroatoms. The lowest BCUT2D eigenvalue weighted by molar-refractivity contribution is 0.0620.